The standard InChI is InChI=1S/C17H22N2O3/c1-3-13(2)22-15-8-6-14(7-9-15)18-12-17(20)19-11-16-5-4-10-21-16/h4-10,13,18H,3,11-12H2,1-2H3,(H,19,20). The van der Waals surface area contributed by atoms with Gasteiger partial charge in [0.05, 0.1) is 25.5 Å². The van der Waals surface area contributed by atoms with Crippen molar-refractivity contribution in [3.63, 3.8) is 0 Å². The number of nitrogens with one attached hydrogen (secondary N) is 2. The minimum atomic E-state index is -0.0867. The maximum atomic E-state index is 11.7. The Morgan fingerprint density at radius 2 is 2.05 bits per heavy atom. The molecule has 0 aliphatic rings. The molecule has 1 aromatic carbocycles. The Balaban J connectivity index is 1.73. The number of benzene rings is 1. The minimum absolute atomic E-state index is 0.0867. The molecule has 1 atom stereocenters. The first-order valence-electron chi connectivity index (χ1n) is 7.47. The highest BCUT2D eigenvalue weighted by molar-refractivity contribution is 5.80. The smallest absolute Gasteiger partial charge is 0.239 e. The van der Waals surface area contributed by atoms with E-state index in [4.69, 9.17) is 9.15 Å². The van der Waals surface area contributed by atoms with E-state index in [9.17, 15) is 4.79 Å². The van der Waals surface area contributed by atoms with Crippen LogP contribution in [0.4, 0.5) is 5.69 Å². The minimum Gasteiger partial charge on any atom is -0.491 e. The Morgan fingerprint density at radius 1 is 1.27 bits per heavy atom. The van der Waals surface area contributed by atoms with Gasteiger partial charge in [0.1, 0.15) is 11.5 Å². The molecule has 0 saturated heterocycles. The van der Waals surface area contributed by atoms with Crippen LogP contribution in [-0.4, -0.2) is 18.6 Å². The molecule has 1 aromatic heterocycles. The number of rotatable bonds is 8. The highest BCUT2D eigenvalue weighted by atomic mass is 16.5. The zero-order valence-electron chi connectivity index (χ0n) is 13.0. The van der Waals surface area contributed by atoms with Crippen LogP contribution in [0.3, 0.4) is 0 Å². The zero-order chi connectivity index (χ0) is 15.8. The topological polar surface area (TPSA) is 63.5 Å². The lowest BCUT2D eigenvalue weighted by atomic mass is 10.3. The Labute approximate surface area is 130 Å². The van der Waals surface area contributed by atoms with Crippen LogP contribution < -0.4 is 15.4 Å². The second-order valence-electron chi connectivity index (χ2n) is 5.07. The number of furan rings is 1. The largest absolute Gasteiger partial charge is 0.491 e. The van der Waals surface area contributed by atoms with E-state index in [0.29, 0.717) is 6.54 Å². The van der Waals surface area contributed by atoms with E-state index in [1.807, 2.05) is 37.3 Å². The lowest BCUT2D eigenvalue weighted by molar-refractivity contribution is -0.119. The molecule has 0 aliphatic carbocycles. The van der Waals surface area contributed by atoms with Crippen LogP contribution in [-0.2, 0) is 11.3 Å². The average Bonchev–Trinajstić information content (AvgIpc) is 3.05. The molecule has 0 aliphatic heterocycles. The van der Waals surface area contributed by atoms with Crippen LogP contribution in [0.25, 0.3) is 0 Å². The normalized spacial score (nSPS) is 11.7. The summed E-state index contributed by atoms with van der Waals surface area (Å²) in [6, 6.07) is 11.2. The summed E-state index contributed by atoms with van der Waals surface area (Å²) in [6.45, 7) is 4.74. The summed E-state index contributed by atoms with van der Waals surface area (Å²) in [5.41, 5.74) is 0.879. The van der Waals surface area contributed by atoms with Crippen LogP contribution >= 0.6 is 0 Å². The average molecular weight is 302 g/mol. The highest BCUT2D eigenvalue weighted by Gasteiger charge is 2.04. The number of hydrogen-bond acceptors (Lipinski definition) is 4. The molecule has 2 N–H and O–H groups in total. The van der Waals surface area contributed by atoms with Gasteiger partial charge >= 0.3 is 0 Å². The molecule has 0 fully saturated rings. The van der Waals surface area contributed by atoms with Gasteiger partial charge in [-0.1, -0.05) is 6.92 Å². The fourth-order valence-corrected chi connectivity index (χ4v) is 1.81. The van der Waals surface area contributed by atoms with Crippen molar-refractivity contribution < 1.29 is 13.9 Å². The quantitative estimate of drug-likeness (QED) is 0.786. The summed E-state index contributed by atoms with van der Waals surface area (Å²) >= 11 is 0. The first kappa shape index (κ1) is 15.9. The number of ether oxygens (including phenoxy) is 1. The van der Waals surface area contributed by atoms with E-state index in [2.05, 4.69) is 17.6 Å². The van der Waals surface area contributed by atoms with Gasteiger partial charge in [-0.25, -0.2) is 0 Å². The number of carbonyl (C=O) groups is 1. The third kappa shape index (κ3) is 5.16. The first-order chi connectivity index (χ1) is 10.7. The van der Waals surface area contributed by atoms with Crippen molar-refractivity contribution in [2.45, 2.75) is 32.9 Å². The molecular formula is C17H22N2O3. The van der Waals surface area contributed by atoms with Crippen LogP contribution in [0.15, 0.2) is 47.1 Å². The Kier molecular flexibility index (Phi) is 5.89. The molecule has 0 radical (unpaired) electrons. The molecule has 22 heavy (non-hydrogen) atoms. The summed E-state index contributed by atoms with van der Waals surface area (Å²) in [7, 11) is 0. The summed E-state index contributed by atoms with van der Waals surface area (Å²) in [6.07, 6.45) is 2.75. The van der Waals surface area contributed by atoms with Gasteiger partial charge in [-0.15, -0.1) is 0 Å². The van der Waals surface area contributed by atoms with Gasteiger partial charge in [-0.3, -0.25) is 4.79 Å². The molecule has 0 saturated carbocycles. The van der Waals surface area contributed by atoms with Crippen molar-refractivity contribution in [2.24, 2.45) is 0 Å². The molecular weight excluding hydrogens is 280 g/mol. The van der Waals surface area contributed by atoms with Gasteiger partial charge in [-0.2, -0.15) is 0 Å². The second-order valence-corrected chi connectivity index (χ2v) is 5.07. The van der Waals surface area contributed by atoms with Gasteiger partial charge < -0.3 is 19.8 Å². The van der Waals surface area contributed by atoms with Gasteiger partial charge in [0.2, 0.25) is 5.91 Å². The van der Waals surface area contributed by atoms with Crippen molar-refractivity contribution in [1.82, 2.24) is 5.32 Å². The maximum absolute atomic E-state index is 11.7. The lowest BCUT2D eigenvalue weighted by Gasteiger charge is -2.13. The number of carbonyl (C=O) groups excluding carboxylic acids is 1. The Bertz CT molecular complexity index is 564. The SMILES string of the molecule is CCC(C)Oc1ccc(NCC(=O)NCc2ccco2)cc1. The third-order valence-corrected chi connectivity index (χ3v) is 3.26. The van der Waals surface area contributed by atoms with Gasteiger partial charge in [0.25, 0.3) is 0 Å². The molecule has 1 unspecified atom stereocenters. The number of hydrogen-bond donors (Lipinski definition) is 2. The third-order valence-electron chi connectivity index (χ3n) is 3.26. The van der Waals surface area contributed by atoms with Crippen molar-refractivity contribution in [2.75, 3.05) is 11.9 Å². The van der Waals surface area contributed by atoms with E-state index in [1.54, 1.807) is 12.3 Å². The first-order valence-corrected chi connectivity index (χ1v) is 7.47. The fraction of sp³-hybridized carbons (Fsp3) is 0.353. The monoisotopic (exact) mass is 302 g/mol. The van der Waals surface area contributed by atoms with Crippen molar-refractivity contribution in [1.29, 1.82) is 0 Å². The Hall–Kier alpha value is -2.43. The summed E-state index contributed by atoms with van der Waals surface area (Å²) in [5.74, 6) is 1.48. The fourth-order valence-electron chi connectivity index (χ4n) is 1.81. The van der Waals surface area contributed by atoms with E-state index in [0.717, 1.165) is 23.6 Å². The predicted molar refractivity (Wildman–Crippen MR) is 85.9 cm³/mol. The van der Waals surface area contributed by atoms with Crippen LogP contribution in [0.5, 0.6) is 5.75 Å². The molecule has 118 valence electrons. The van der Waals surface area contributed by atoms with E-state index < -0.39 is 0 Å². The second kappa shape index (κ2) is 8.12. The van der Waals surface area contributed by atoms with Crippen LogP contribution in [0.1, 0.15) is 26.0 Å². The molecule has 1 amide bonds. The van der Waals surface area contributed by atoms with Gasteiger partial charge in [0.15, 0.2) is 0 Å². The van der Waals surface area contributed by atoms with Crippen molar-refractivity contribution in [3.8, 4) is 5.75 Å². The van der Waals surface area contributed by atoms with E-state index in [-0.39, 0.29) is 18.6 Å². The molecule has 2 rings (SSSR count). The summed E-state index contributed by atoms with van der Waals surface area (Å²) < 4.78 is 10.9. The Morgan fingerprint density at radius 3 is 2.68 bits per heavy atom. The summed E-state index contributed by atoms with van der Waals surface area (Å²) in [4.78, 5) is 11.7. The molecule has 5 heteroatoms. The predicted octanol–water partition coefficient (Wildman–Crippen LogP) is 3.19. The molecule has 0 bridgehead atoms. The van der Waals surface area contributed by atoms with E-state index in [1.165, 1.54) is 0 Å². The van der Waals surface area contributed by atoms with Gasteiger partial charge in [0, 0.05) is 5.69 Å². The highest BCUT2D eigenvalue weighted by Crippen LogP contribution is 2.17. The molecule has 2 aromatic rings. The molecule has 5 nitrogen and oxygen atoms in total. The zero-order valence-corrected chi connectivity index (χ0v) is 13.0. The molecule has 1 heterocycles. The van der Waals surface area contributed by atoms with Crippen molar-refractivity contribution >= 4 is 11.6 Å². The van der Waals surface area contributed by atoms with Crippen LogP contribution in [0, 0.1) is 0 Å². The van der Waals surface area contributed by atoms with E-state index >= 15 is 0 Å². The van der Waals surface area contributed by atoms with Gasteiger partial charge in [-0.05, 0) is 49.7 Å². The van der Waals surface area contributed by atoms with Crippen LogP contribution in [0.2, 0.25) is 0 Å². The number of anilines is 1. The summed E-state index contributed by atoms with van der Waals surface area (Å²) in [5, 5.41) is 5.85. The van der Waals surface area contributed by atoms with Crippen molar-refractivity contribution in [3.05, 3.63) is 48.4 Å². The lowest BCUT2D eigenvalue weighted by Crippen LogP contribution is -2.29. The number of amides is 1. The maximum Gasteiger partial charge on any atom is 0.239 e. The molecule has 0 spiro atoms.